The Bertz CT molecular complexity index is 1370. The summed E-state index contributed by atoms with van der Waals surface area (Å²) in [6.07, 6.45) is 3.08. The van der Waals surface area contributed by atoms with Crippen molar-refractivity contribution in [3.8, 4) is 22.9 Å². The lowest BCUT2D eigenvalue weighted by Gasteiger charge is -2.14. The number of rotatable bonds is 8. The number of likely N-dealkylation sites (N-methyl/N-ethyl adjacent to an activating group) is 1. The zero-order valence-corrected chi connectivity index (χ0v) is 20.1. The number of benzene rings is 1. The number of phenolic OH excluding ortho intramolecular Hbond substituents is 1. The predicted molar refractivity (Wildman–Crippen MR) is 133 cm³/mol. The molecule has 0 bridgehead atoms. The number of aromatic nitrogens is 3. The molecule has 4 rings (SSSR count). The van der Waals surface area contributed by atoms with Crippen molar-refractivity contribution in [2.75, 3.05) is 32.6 Å². The second-order valence-corrected chi connectivity index (χ2v) is 8.52. The lowest BCUT2D eigenvalue weighted by Crippen LogP contribution is -2.19. The molecule has 0 saturated carbocycles. The fourth-order valence-electron chi connectivity index (χ4n) is 3.35. The standard InChI is InChI=1S/C25H23ClFN5O3/c1-14(33)17-13-28-21-6-5-20(15-10-18(26)25(34)19(27)11-15)31-24(21)23(17)30-16-4-7-22(29-12-16)35-9-8-32(2)3/h4-7,10-13,34H,8-9H2,1-3H3,(H,28,30). The van der Waals surface area contributed by atoms with Gasteiger partial charge in [0.2, 0.25) is 5.88 Å². The molecule has 0 aliphatic heterocycles. The van der Waals surface area contributed by atoms with Crippen molar-refractivity contribution < 1.29 is 19.0 Å². The molecule has 3 aromatic heterocycles. The molecule has 0 fully saturated rings. The number of fused-ring (bicyclic) bond motifs is 1. The van der Waals surface area contributed by atoms with Crippen molar-refractivity contribution in [2.45, 2.75) is 6.92 Å². The number of aromatic hydroxyl groups is 1. The highest BCUT2D eigenvalue weighted by atomic mass is 35.5. The minimum absolute atomic E-state index is 0.130. The largest absolute Gasteiger partial charge is 0.504 e. The zero-order chi connectivity index (χ0) is 25.1. The maximum atomic E-state index is 14.1. The van der Waals surface area contributed by atoms with Crippen molar-refractivity contribution in [1.82, 2.24) is 19.9 Å². The van der Waals surface area contributed by atoms with Crippen molar-refractivity contribution >= 4 is 39.8 Å². The monoisotopic (exact) mass is 495 g/mol. The molecule has 0 saturated heterocycles. The molecule has 0 aliphatic carbocycles. The van der Waals surface area contributed by atoms with Crippen LogP contribution < -0.4 is 10.1 Å². The third-order valence-electron chi connectivity index (χ3n) is 5.20. The number of carbonyl (C=O) groups excluding carboxylic acids is 1. The van der Waals surface area contributed by atoms with Crippen molar-refractivity contribution in [3.05, 3.63) is 65.2 Å². The van der Waals surface area contributed by atoms with Crippen molar-refractivity contribution in [2.24, 2.45) is 0 Å². The summed E-state index contributed by atoms with van der Waals surface area (Å²) in [5, 5.41) is 12.7. The summed E-state index contributed by atoms with van der Waals surface area (Å²) >= 11 is 5.95. The Morgan fingerprint density at radius 1 is 1.17 bits per heavy atom. The summed E-state index contributed by atoms with van der Waals surface area (Å²) < 4.78 is 19.7. The smallest absolute Gasteiger partial charge is 0.213 e. The quantitative estimate of drug-likeness (QED) is 0.326. The summed E-state index contributed by atoms with van der Waals surface area (Å²) in [6, 6.07) is 9.45. The molecule has 0 radical (unpaired) electrons. The van der Waals surface area contributed by atoms with Crippen LogP contribution in [0, 0.1) is 5.82 Å². The van der Waals surface area contributed by atoms with Crippen molar-refractivity contribution in [3.63, 3.8) is 0 Å². The second-order valence-electron chi connectivity index (χ2n) is 8.12. The molecule has 3 heterocycles. The van der Waals surface area contributed by atoms with Gasteiger partial charge in [0.05, 0.1) is 39.4 Å². The van der Waals surface area contributed by atoms with Gasteiger partial charge in [0, 0.05) is 24.4 Å². The van der Waals surface area contributed by atoms with Gasteiger partial charge in [-0.3, -0.25) is 9.78 Å². The van der Waals surface area contributed by atoms with Gasteiger partial charge in [0.1, 0.15) is 12.1 Å². The number of carbonyl (C=O) groups is 1. The van der Waals surface area contributed by atoms with E-state index in [2.05, 4.69) is 20.3 Å². The van der Waals surface area contributed by atoms with Crippen LogP contribution in [0.1, 0.15) is 17.3 Å². The molecule has 35 heavy (non-hydrogen) atoms. The number of hydrogen-bond acceptors (Lipinski definition) is 8. The molecule has 180 valence electrons. The van der Waals surface area contributed by atoms with Gasteiger partial charge in [-0.25, -0.2) is 14.4 Å². The van der Waals surface area contributed by atoms with Gasteiger partial charge in [-0.1, -0.05) is 11.6 Å². The number of halogens is 2. The number of nitrogens with zero attached hydrogens (tertiary/aromatic N) is 4. The minimum Gasteiger partial charge on any atom is -0.504 e. The highest BCUT2D eigenvalue weighted by Gasteiger charge is 2.17. The lowest BCUT2D eigenvalue weighted by molar-refractivity contribution is 0.101. The Kier molecular flexibility index (Phi) is 7.09. The molecule has 0 aliphatic rings. The SMILES string of the molecule is CC(=O)c1cnc2ccc(-c3cc(F)c(O)c(Cl)c3)nc2c1Nc1ccc(OCCN(C)C)nc1. The van der Waals surface area contributed by atoms with E-state index in [0.29, 0.717) is 51.7 Å². The van der Waals surface area contributed by atoms with Crippen molar-refractivity contribution in [1.29, 1.82) is 0 Å². The summed E-state index contributed by atoms with van der Waals surface area (Å²) in [6.45, 7) is 2.70. The number of Topliss-reactive ketones (excluding diaryl/α,β-unsaturated/α-hetero) is 1. The molecule has 4 aromatic rings. The van der Waals surface area contributed by atoms with Gasteiger partial charge in [-0.15, -0.1) is 0 Å². The number of ether oxygens (including phenoxy) is 1. The Balaban J connectivity index is 1.72. The Morgan fingerprint density at radius 2 is 1.97 bits per heavy atom. The maximum absolute atomic E-state index is 14.1. The van der Waals surface area contributed by atoms with Gasteiger partial charge in [-0.2, -0.15) is 0 Å². The molecule has 0 spiro atoms. The first-order valence-corrected chi connectivity index (χ1v) is 11.1. The topological polar surface area (TPSA) is 100 Å². The van der Waals surface area contributed by atoms with E-state index < -0.39 is 11.6 Å². The number of hydrogen-bond donors (Lipinski definition) is 2. The molecule has 2 N–H and O–H groups in total. The van der Waals surface area contributed by atoms with Crippen LogP contribution in [0.15, 0.2) is 48.8 Å². The van der Waals surface area contributed by atoms with Crippen LogP contribution in [0.2, 0.25) is 5.02 Å². The Hall–Kier alpha value is -3.82. The molecular formula is C25H23ClFN5O3. The fourth-order valence-corrected chi connectivity index (χ4v) is 3.56. The number of phenols is 1. The normalized spacial score (nSPS) is 11.1. The molecule has 0 unspecified atom stereocenters. The molecule has 0 atom stereocenters. The van der Waals surface area contributed by atoms with E-state index in [-0.39, 0.29) is 10.8 Å². The molecule has 10 heteroatoms. The number of pyridine rings is 3. The number of anilines is 2. The average Bonchev–Trinajstić information content (AvgIpc) is 2.82. The van der Waals surface area contributed by atoms with Crippen LogP contribution in [0.5, 0.6) is 11.6 Å². The highest BCUT2D eigenvalue weighted by Crippen LogP contribution is 2.34. The van der Waals surface area contributed by atoms with E-state index in [4.69, 9.17) is 16.3 Å². The third kappa shape index (κ3) is 5.47. The zero-order valence-electron chi connectivity index (χ0n) is 19.3. The highest BCUT2D eigenvalue weighted by molar-refractivity contribution is 6.32. The lowest BCUT2D eigenvalue weighted by atomic mass is 10.1. The summed E-state index contributed by atoms with van der Waals surface area (Å²) in [4.78, 5) is 27.7. The number of ketones is 1. The molecule has 8 nitrogen and oxygen atoms in total. The number of nitrogens with one attached hydrogen (secondary N) is 1. The predicted octanol–water partition coefficient (Wildman–Crippen LogP) is 5.08. The van der Waals surface area contributed by atoms with Crippen LogP contribution in [0.25, 0.3) is 22.3 Å². The van der Waals surface area contributed by atoms with Crippen LogP contribution in [0.3, 0.4) is 0 Å². The van der Waals surface area contributed by atoms with E-state index in [9.17, 15) is 14.3 Å². The van der Waals surface area contributed by atoms with E-state index in [0.717, 1.165) is 12.6 Å². The first kappa shape index (κ1) is 24.3. The Labute approximate surface area is 206 Å². The van der Waals surface area contributed by atoms with E-state index in [1.165, 1.54) is 19.2 Å². The van der Waals surface area contributed by atoms with E-state index in [1.54, 1.807) is 30.5 Å². The van der Waals surface area contributed by atoms with Gasteiger partial charge >= 0.3 is 0 Å². The average molecular weight is 496 g/mol. The van der Waals surface area contributed by atoms with Gasteiger partial charge in [-0.05, 0) is 51.4 Å². The third-order valence-corrected chi connectivity index (χ3v) is 5.49. The van der Waals surface area contributed by atoms with Crippen LogP contribution in [0.4, 0.5) is 15.8 Å². The van der Waals surface area contributed by atoms with Crippen LogP contribution >= 0.6 is 11.6 Å². The molecular weight excluding hydrogens is 473 g/mol. The fraction of sp³-hybridized carbons (Fsp3) is 0.200. The van der Waals surface area contributed by atoms with Gasteiger partial charge < -0.3 is 20.1 Å². The summed E-state index contributed by atoms with van der Waals surface area (Å²) in [5.41, 5.74) is 3.10. The van der Waals surface area contributed by atoms with E-state index in [1.807, 2.05) is 19.0 Å². The van der Waals surface area contributed by atoms with Gasteiger partial charge in [0.15, 0.2) is 17.3 Å². The Morgan fingerprint density at radius 3 is 2.63 bits per heavy atom. The van der Waals surface area contributed by atoms with E-state index >= 15 is 0 Å². The van der Waals surface area contributed by atoms with Crippen LogP contribution in [-0.2, 0) is 0 Å². The minimum atomic E-state index is -0.859. The molecule has 0 amide bonds. The van der Waals surface area contributed by atoms with Crippen LogP contribution in [-0.4, -0.2) is 58.0 Å². The molecule has 1 aromatic carbocycles. The maximum Gasteiger partial charge on any atom is 0.213 e. The first-order chi connectivity index (χ1) is 16.7. The first-order valence-electron chi connectivity index (χ1n) is 10.7. The summed E-state index contributed by atoms with van der Waals surface area (Å²) in [7, 11) is 3.92. The summed E-state index contributed by atoms with van der Waals surface area (Å²) in [5.74, 6) is -1.21. The second kappa shape index (κ2) is 10.2. The van der Waals surface area contributed by atoms with Gasteiger partial charge in [0.25, 0.3) is 0 Å².